The Balaban J connectivity index is 2.00. The van der Waals surface area contributed by atoms with E-state index < -0.39 is 0 Å². The van der Waals surface area contributed by atoms with Gasteiger partial charge in [0.1, 0.15) is 0 Å². The minimum atomic E-state index is 0.673. The second-order valence-electron chi connectivity index (χ2n) is 5.15. The van der Waals surface area contributed by atoms with E-state index in [-0.39, 0.29) is 0 Å². The molecule has 0 amide bonds. The molecule has 0 fully saturated rings. The number of rotatable bonds is 5. The van der Waals surface area contributed by atoms with Gasteiger partial charge in [0.05, 0.1) is 0 Å². The lowest BCUT2D eigenvalue weighted by molar-refractivity contribution is 0.206. The monoisotopic (exact) mass is 252 g/mol. The molecule has 0 atom stereocenters. The van der Waals surface area contributed by atoms with Crippen LogP contribution in [-0.2, 0) is 19.5 Å². The molecule has 2 nitrogen and oxygen atoms in total. The molecule has 2 rings (SSSR count). The van der Waals surface area contributed by atoms with E-state index in [1.807, 2.05) is 11.3 Å². The summed E-state index contributed by atoms with van der Waals surface area (Å²) in [5, 5.41) is 5.87. The fourth-order valence-corrected chi connectivity index (χ4v) is 3.53. The molecule has 96 valence electrons. The lowest BCUT2D eigenvalue weighted by Crippen LogP contribution is -2.35. The molecule has 0 spiro atoms. The van der Waals surface area contributed by atoms with Gasteiger partial charge in [-0.15, -0.1) is 11.3 Å². The molecular formula is C14H24N2S. The smallest absolute Gasteiger partial charge is 0.0333 e. The average molecular weight is 252 g/mol. The fraction of sp³-hybridized carbons (Fsp3) is 0.714. The molecule has 0 aliphatic carbocycles. The van der Waals surface area contributed by atoms with E-state index in [0.29, 0.717) is 6.04 Å². The zero-order valence-corrected chi connectivity index (χ0v) is 12.1. The lowest BCUT2D eigenvalue weighted by Gasteiger charge is -2.30. The second-order valence-corrected chi connectivity index (χ2v) is 6.12. The topological polar surface area (TPSA) is 15.3 Å². The standard InChI is InChI=1S/C14H24N2S/c1-4-6-15-8-12-10-17-14-9-16(11(2)3)7-5-13(12)14/h10-11,15H,4-9H2,1-3H3. The Hall–Kier alpha value is -0.380. The van der Waals surface area contributed by atoms with Gasteiger partial charge in [-0.1, -0.05) is 6.92 Å². The highest BCUT2D eigenvalue weighted by Crippen LogP contribution is 2.29. The third-order valence-corrected chi connectivity index (χ3v) is 4.60. The van der Waals surface area contributed by atoms with Crippen molar-refractivity contribution in [3.05, 3.63) is 21.4 Å². The van der Waals surface area contributed by atoms with Crippen LogP contribution in [0.15, 0.2) is 5.38 Å². The highest BCUT2D eigenvalue weighted by atomic mass is 32.1. The minimum Gasteiger partial charge on any atom is -0.313 e. The highest BCUT2D eigenvalue weighted by molar-refractivity contribution is 7.10. The Morgan fingerprint density at radius 3 is 3.00 bits per heavy atom. The van der Waals surface area contributed by atoms with Crippen LogP contribution in [0.4, 0.5) is 0 Å². The number of nitrogens with one attached hydrogen (secondary N) is 1. The highest BCUT2D eigenvalue weighted by Gasteiger charge is 2.21. The predicted molar refractivity (Wildman–Crippen MR) is 75.6 cm³/mol. The minimum absolute atomic E-state index is 0.673. The van der Waals surface area contributed by atoms with E-state index in [4.69, 9.17) is 0 Å². The van der Waals surface area contributed by atoms with E-state index in [2.05, 4.69) is 36.4 Å². The fourth-order valence-electron chi connectivity index (χ4n) is 2.40. The first kappa shape index (κ1) is 13.1. The van der Waals surface area contributed by atoms with Crippen LogP contribution in [0, 0.1) is 0 Å². The number of hydrogen-bond acceptors (Lipinski definition) is 3. The lowest BCUT2D eigenvalue weighted by atomic mass is 10.0. The number of nitrogens with zero attached hydrogens (tertiary/aromatic N) is 1. The van der Waals surface area contributed by atoms with E-state index in [9.17, 15) is 0 Å². The van der Waals surface area contributed by atoms with Gasteiger partial charge in [0.2, 0.25) is 0 Å². The normalized spacial score (nSPS) is 16.5. The summed E-state index contributed by atoms with van der Waals surface area (Å²) < 4.78 is 0. The van der Waals surface area contributed by atoms with Crippen molar-refractivity contribution < 1.29 is 0 Å². The molecule has 1 N–H and O–H groups in total. The Morgan fingerprint density at radius 1 is 1.47 bits per heavy atom. The Labute approximate surface area is 109 Å². The van der Waals surface area contributed by atoms with Gasteiger partial charge in [-0.25, -0.2) is 0 Å². The summed E-state index contributed by atoms with van der Waals surface area (Å²) in [4.78, 5) is 4.17. The SMILES string of the molecule is CCCNCc1csc2c1CCN(C(C)C)C2. The zero-order valence-electron chi connectivity index (χ0n) is 11.3. The molecule has 2 heterocycles. The van der Waals surface area contributed by atoms with Gasteiger partial charge in [-0.2, -0.15) is 0 Å². The molecule has 17 heavy (non-hydrogen) atoms. The predicted octanol–water partition coefficient (Wildman–Crippen LogP) is 3.01. The molecule has 0 saturated carbocycles. The van der Waals surface area contributed by atoms with E-state index in [0.717, 1.165) is 19.6 Å². The third kappa shape index (κ3) is 3.09. The number of fused-ring (bicyclic) bond motifs is 1. The Kier molecular flexibility index (Phi) is 4.60. The van der Waals surface area contributed by atoms with Gasteiger partial charge in [-0.3, -0.25) is 4.90 Å². The van der Waals surface area contributed by atoms with Crippen LogP contribution in [0.1, 0.15) is 43.2 Å². The summed E-state index contributed by atoms with van der Waals surface area (Å²) in [7, 11) is 0. The molecule has 0 saturated heterocycles. The van der Waals surface area contributed by atoms with Crippen LogP contribution < -0.4 is 5.32 Å². The van der Waals surface area contributed by atoms with Crippen molar-refractivity contribution in [1.29, 1.82) is 0 Å². The van der Waals surface area contributed by atoms with E-state index in [1.165, 1.54) is 19.4 Å². The molecular weight excluding hydrogens is 228 g/mol. The van der Waals surface area contributed by atoms with E-state index in [1.54, 1.807) is 16.0 Å². The van der Waals surface area contributed by atoms with E-state index >= 15 is 0 Å². The van der Waals surface area contributed by atoms with Crippen LogP contribution in [0.5, 0.6) is 0 Å². The third-order valence-electron chi connectivity index (χ3n) is 3.54. The molecule has 3 heteroatoms. The summed E-state index contributed by atoms with van der Waals surface area (Å²) in [6, 6.07) is 0.673. The molecule has 0 radical (unpaired) electrons. The summed E-state index contributed by atoms with van der Waals surface area (Å²) in [6.07, 6.45) is 2.45. The first-order valence-electron chi connectivity index (χ1n) is 6.75. The number of thiophene rings is 1. The molecule has 1 aliphatic rings. The molecule has 0 unspecified atom stereocenters. The van der Waals surface area contributed by atoms with Crippen LogP contribution in [0.3, 0.4) is 0 Å². The number of hydrogen-bond donors (Lipinski definition) is 1. The first-order chi connectivity index (χ1) is 8.22. The molecule has 0 bridgehead atoms. The molecule has 0 aromatic carbocycles. The van der Waals surface area contributed by atoms with Crippen molar-refractivity contribution in [1.82, 2.24) is 10.2 Å². The van der Waals surface area contributed by atoms with Crippen molar-refractivity contribution in [3.8, 4) is 0 Å². The van der Waals surface area contributed by atoms with Gasteiger partial charge < -0.3 is 5.32 Å². The Morgan fingerprint density at radius 2 is 2.29 bits per heavy atom. The van der Waals surface area contributed by atoms with Gasteiger partial charge in [0.25, 0.3) is 0 Å². The van der Waals surface area contributed by atoms with Gasteiger partial charge in [0.15, 0.2) is 0 Å². The average Bonchev–Trinajstić information content (AvgIpc) is 2.72. The van der Waals surface area contributed by atoms with Gasteiger partial charge in [0, 0.05) is 30.6 Å². The largest absolute Gasteiger partial charge is 0.313 e. The van der Waals surface area contributed by atoms with Crippen LogP contribution in [0.2, 0.25) is 0 Å². The maximum Gasteiger partial charge on any atom is 0.0333 e. The summed E-state index contributed by atoms with van der Waals surface area (Å²) in [5.74, 6) is 0. The summed E-state index contributed by atoms with van der Waals surface area (Å²) in [5.41, 5.74) is 3.18. The molecule has 1 aromatic rings. The first-order valence-corrected chi connectivity index (χ1v) is 7.63. The van der Waals surface area contributed by atoms with Crippen molar-refractivity contribution >= 4 is 11.3 Å². The second kappa shape index (κ2) is 5.98. The maximum atomic E-state index is 3.51. The summed E-state index contributed by atoms with van der Waals surface area (Å²) >= 11 is 1.95. The van der Waals surface area contributed by atoms with Crippen molar-refractivity contribution in [3.63, 3.8) is 0 Å². The molecule has 1 aliphatic heterocycles. The van der Waals surface area contributed by atoms with Crippen molar-refractivity contribution in [2.45, 2.75) is 52.7 Å². The molecule has 1 aromatic heterocycles. The van der Waals surface area contributed by atoms with Crippen LogP contribution >= 0.6 is 11.3 Å². The van der Waals surface area contributed by atoms with Crippen molar-refractivity contribution in [2.24, 2.45) is 0 Å². The van der Waals surface area contributed by atoms with Gasteiger partial charge in [-0.05, 0) is 49.7 Å². The van der Waals surface area contributed by atoms with Crippen LogP contribution in [0.25, 0.3) is 0 Å². The van der Waals surface area contributed by atoms with Gasteiger partial charge >= 0.3 is 0 Å². The van der Waals surface area contributed by atoms with Crippen molar-refractivity contribution in [2.75, 3.05) is 13.1 Å². The summed E-state index contributed by atoms with van der Waals surface area (Å²) in [6.45, 7) is 11.4. The van der Waals surface area contributed by atoms with Crippen LogP contribution in [-0.4, -0.2) is 24.0 Å². The zero-order chi connectivity index (χ0) is 12.3. The quantitative estimate of drug-likeness (QED) is 0.810. The maximum absolute atomic E-state index is 3.51. The Bertz CT molecular complexity index is 357.